The van der Waals surface area contributed by atoms with Gasteiger partial charge >= 0.3 is 6.03 Å². The van der Waals surface area contributed by atoms with Crippen molar-refractivity contribution in [3.8, 4) is 0 Å². The zero-order chi connectivity index (χ0) is 14.3. The number of hydrogen-bond donors (Lipinski definition) is 0. The molecule has 0 bridgehead atoms. The molecule has 0 aromatic heterocycles. The number of benzene rings is 1. The van der Waals surface area contributed by atoms with Crippen LogP contribution in [-0.2, 0) is 9.53 Å². The Morgan fingerprint density at radius 3 is 2.55 bits per heavy atom. The van der Waals surface area contributed by atoms with Gasteiger partial charge in [0, 0.05) is 18.7 Å². The van der Waals surface area contributed by atoms with E-state index in [-0.39, 0.29) is 18.2 Å². The first-order chi connectivity index (χ1) is 9.59. The van der Waals surface area contributed by atoms with E-state index in [9.17, 15) is 19.7 Å². The fourth-order valence-electron chi connectivity index (χ4n) is 2.37. The fourth-order valence-corrected chi connectivity index (χ4v) is 2.37. The highest BCUT2D eigenvalue weighted by atomic mass is 16.6. The van der Waals surface area contributed by atoms with E-state index in [0.29, 0.717) is 18.8 Å². The summed E-state index contributed by atoms with van der Waals surface area (Å²) in [6.07, 6.45) is 0. The number of rotatable bonds is 2. The van der Waals surface area contributed by atoms with Gasteiger partial charge in [0.1, 0.15) is 6.04 Å². The molecule has 2 heterocycles. The normalized spacial score (nSPS) is 22.1. The van der Waals surface area contributed by atoms with Gasteiger partial charge in [-0.15, -0.1) is 0 Å². The molecule has 3 rings (SSSR count). The largest absolute Gasteiger partial charge is 0.377 e. The van der Waals surface area contributed by atoms with Crippen LogP contribution in [0.3, 0.4) is 0 Å². The molecule has 0 saturated carbocycles. The van der Waals surface area contributed by atoms with E-state index in [1.807, 2.05) is 0 Å². The van der Waals surface area contributed by atoms with Crippen molar-refractivity contribution in [2.24, 2.45) is 0 Å². The number of fused-ring (bicyclic) bond motifs is 1. The molecule has 3 amide bonds. The molecule has 20 heavy (non-hydrogen) atoms. The molecular weight excluding hydrogens is 266 g/mol. The monoisotopic (exact) mass is 277 g/mol. The zero-order valence-corrected chi connectivity index (χ0v) is 10.4. The maximum absolute atomic E-state index is 12.2. The lowest BCUT2D eigenvalue weighted by atomic mass is 10.2. The molecule has 0 radical (unpaired) electrons. The molecule has 1 aromatic rings. The van der Waals surface area contributed by atoms with Gasteiger partial charge in [-0.05, 0) is 12.1 Å². The second-order valence-corrected chi connectivity index (χ2v) is 4.51. The third-order valence-corrected chi connectivity index (χ3v) is 3.39. The lowest BCUT2D eigenvalue weighted by molar-refractivity contribution is -0.384. The minimum Gasteiger partial charge on any atom is -0.377 e. The number of amides is 3. The first-order valence-electron chi connectivity index (χ1n) is 6.06. The summed E-state index contributed by atoms with van der Waals surface area (Å²) in [5, 5.41) is 10.6. The van der Waals surface area contributed by atoms with Gasteiger partial charge in [0.05, 0.1) is 23.8 Å². The van der Waals surface area contributed by atoms with Crippen molar-refractivity contribution < 1.29 is 19.2 Å². The number of morpholine rings is 1. The lowest BCUT2D eigenvalue weighted by Crippen LogP contribution is -2.45. The Labute approximate surface area is 113 Å². The van der Waals surface area contributed by atoms with E-state index < -0.39 is 17.0 Å². The highest BCUT2D eigenvalue weighted by Crippen LogP contribution is 2.28. The Morgan fingerprint density at radius 1 is 1.25 bits per heavy atom. The van der Waals surface area contributed by atoms with Crippen molar-refractivity contribution in [1.82, 2.24) is 4.90 Å². The van der Waals surface area contributed by atoms with Crippen LogP contribution in [0.4, 0.5) is 16.2 Å². The highest BCUT2D eigenvalue weighted by molar-refractivity contribution is 6.21. The molecule has 1 atom stereocenters. The molecule has 1 unspecified atom stereocenters. The van der Waals surface area contributed by atoms with E-state index in [1.165, 1.54) is 29.2 Å². The molecular formula is C12H11N3O5. The number of carbonyl (C=O) groups is 2. The number of ether oxygens (including phenoxy) is 1. The molecule has 0 spiro atoms. The van der Waals surface area contributed by atoms with E-state index in [0.717, 1.165) is 4.90 Å². The Hall–Kier alpha value is -2.48. The highest BCUT2D eigenvalue weighted by Gasteiger charge is 2.47. The van der Waals surface area contributed by atoms with E-state index in [1.54, 1.807) is 0 Å². The smallest absolute Gasteiger partial charge is 0.332 e. The van der Waals surface area contributed by atoms with E-state index in [2.05, 4.69) is 0 Å². The van der Waals surface area contributed by atoms with Crippen molar-refractivity contribution in [2.45, 2.75) is 6.04 Å². The average molecular weight is 277 g/mol. The maximum Gasteiger partial charge on any atom is 0.332 e. The van der Waals surface area contributed by atoms with Crippen LogP contribution in [0.2, 0.25) is 0 Å². The van der Waals surface area contributed by atoms with Crippen LogP contribution in [0.25, 0.3) is 0 Å². The molecule has 2 aliphatic rings. The average Bonchev–Trinajstić information content (AvgIpc) is 2.72. The third kappa shape index (κ3) is 1.81. The van der Waals surface area contributed by atoms with Crippen LogP contribution in [0, 0.1) is 10.1 Å². The molecule has 2 fully saturated rings. The maximum atomic E-state index is 12.2. The number of non-ortho nitro benzene ring substituents is 1. The van der Waals surface area contributed by atoms with Crippen molar-refractivity contribution >= 4 is 23.3 Å². The number of imide groups is 1. The second-order valence-electron chi connectivity index (χ2n) is 4.51. The van der Waals surface area contributed by atoms with Crippen LogP contribution in [-0.4, -0.2) is 47.6 Å². The summed E-state index contributed by atoms with van der Waals surface area (Å²) in [5.41, 5.74) is 0.244. The number of nitro benzene ring substituents is 1. The summed E-state index contributed by atoms with van der Waals surface area (Å²) in [7, 11) is 0. The van der Waals surface area contributed by atoms with Crippen LogP contribution >= 0.6 is 0 Å². The molecule has 2 saturated heterocycles. The SMILES string of the molecule is O=C1C2COCCN2C(=O)N1c1ccc([N+](=O)[O-])cc1. The Balaban J connectivity index is 1.91. The van der Waals surface area contributed by atoms with Crippen LogP contribution in [0.1, 0.15) is 0 Å². The number of carbonyl (C=O) groups excluding carboxylic acids is 2. The molecule has 2 aliphatic heterocycles. The molecule has 0 aliphatic carbocycles. The van der Waals surface area contributed by atoms with Crippen molar-refractivity contribution in [3.05, 3.63) is 34.4 Å². The van der Waals surface area contributed by atoms with E-state index in [4.69, 9.17) is 4.74 Å². The summed E-state index contributed by atoms with van der Waals surface area (Å²) in [6, 6.07) is 4.33. The fraction of sp³-hybridized carbons (Fsp3) is 0.333. The molecule has 0 N–H and O–H groups in total. The molecule has 8 heteroatoms. The molecule has 8 nitrogen and oxygen atoms in total. The van der Waals surface area contributed by atoms with Gasteiger partial charge in [0.25, 0.3) is 11.6 Å². The predicted molar refractivity (Wildman–Crippen MR) is 67.3 cm³/mol. The minimum absolute atomic E-state index is 0.0890. The van der Waals surface area contributed by atoms with Crippen LogP contribution in [0.5, 0.6) is 0 Å². The summed E-state index contributed by atoms with van der Waals surface area (Å²) in [5.74, 6) is -0.358. The van der Waals surface area contributed by atoms with Crippen LogP contribution < -0.4 is 4.90 Å². The molecule has 1 aromatic carbocycles. The van der Waals surface area contributed by atoms with Gasteiger partial charge in [-0.25, -0.2) is 9.69 Å². The van der Waals surface area contributed by atoms with Crippen LogP contribution in [0.15, 0.2) is 24.3 Å². The standard InChI is InChI=1S/C12H11N3O5/c16-11-10-7-20-6-5-13(10)12(17)14(11)8-1-3-9(4-2-8)15(18)19/h1-4,10H,5-7H2. The van der Waals surface area contributed by atoms with Gasteiger partial charge in [-0.1, -0.05) is 0 Å². The number of nitro groups is 1. The predicted octanol–water partition coefficient (Wildman–Crippen LogP) is 0.762. The lowest BCUT2D eigenvalue weighted by Gasteiger charge is -2.26. The number of anilines is 1. The van der Waals surface area contributed by atoms with Crippen molar-refractivity contribution in [3.63, 3.8) is 0 Å². The van der Waals surface area contributed by atoms with Crippen molar-refractivity contribution in [2.75, 3.05) is 24.7 Å². The number of urea groups is 1. The first-order valence-corrected chi connectivity index (χ1v) is 6.06. The summed E-state index contributed by atoms with van der Waals surface area (Å²) < 4.78 is 5.21. The van der Waals surface area contributed by atoms with Gasteiger partial charge in [-0.2, -0.15) is 0 Å². The summed E-state index contributed by atoms with van der Waals surface area (Å²) in [6.45, 7) is 0.969. The first kappa shape index (κ1) is 12.5. The zero-order valence-electron chi connectivity index (χ0n) is 10.4. The topological polar surface area (TPSA) is 93.0 Å². The Morgan fingerprint density at radius 2 is 1.95 bits per heavy atom. The van der Waals surface area contributed by atoms with Gasteiger partial charge in [0.2, 0.25) is 0 Å². The quantitative estimate of drug-likeness (QED) is 0.452. The number of hydrogen-bond acceptors (Lipinski definition) is 5. The van der Waals surface area contributed by atoms with E-state index >= 15 is 0 Å². The summed E-state index contributed by atoms with van der Waals surface area (Å²) in [4.78, 5) is 37.0. The Kier molecular flexibility index (Phi) is 2.87. The third-order valence-electron chi connectivity index (χ3n) is 3.39. The van der Waals surface area contributed by atoms with Crippen molar-refractivity contribution in [1.29, 1.82) is 0 Å². The number of nitrogens with zero attached hydrogens (tertiary/aromatic N) is 3. The summed E-state index contributed by atoms with van der Waals surface area (Å²) >= 11 is 0. The Bertz CT molecular complexity index is 561. The molecule has 104 valence electrons. The van der Waals surface area contributed by atoms with Gasteiger partial charge in [-0.3, -0.25) is 14.9 Å². The second kappa shape index (κ2) is 4.57. The van der Waals surface area contributed by atoms with Gasteiger partial charge in [0.15, 0.2) is 0 Å². The minimum atomic E-state index is -0.591. The van der Waals surface area contributed by atoms with Gasteiger partial charge < -0.3 is 9.64 Å².